The van der Waals surface area contributed by atoms with Crippen LogP contribution in [0, 0.1) is 24.0 Å². The SMILES string of the molecule is Cc1ncc(-c2ccc(C(F)(F)F)c(F)c2F)c(N2CCC(C)(C)CC2)c1CC(=O)O. The molecule has 1 aromatic carbocycles. The van der Waals surface area contributed by atoms with Gasteiger partial charge in [0.05, 0.1) is 17.7 Å². The van der Waals surface area contributed by atoms with Gasteiger partial charge in [0.15, 0.2) is 11.6 Å². The Bertz CT molecular complexity index is 1010. The van der Waals surface area contributed by atoms with Crippen LogP contribution in [0.5, 0.6) is 0 Å². The Balaban J connectivity index is 2.22. The lowest BCUT2D eigenvalue weighted by Crippen LogP contribution is -2.38. The smallest absolute Gasteiger partial charge is 0.419 e. The quantitative estimate of drug-likeness (QED) is 0.626. The fourth-order valence-electron chi connectivity index (χ4n) is 3.87. The number of halogens is 5. The van der Waals surface area contributed by atoms with Gasteiger partial charge in [0.1, 0.15) is 0 Å². The summed E-state index contributed by atoms with van der Waals surface area (Å²) in [6, 6.07) is 1.36. The highest BCUT2D eigenvalue weighted by molar-refractivity contribution is 5.85. The fraction of sp³-hybridized carbons (Fsp3) is 0.455. The number of carbonyl (C=O) groups is 1. The number of rotatable bonds is 4. The molecule has 0 atom stereocenters. The van der Waals surface area contributed by atoms with Gasteiger partial charge in [0.25, 0.3) is 0 Å². The van der Waals surface area contributed by atoms with Crippen LogP contribution < -0.4 is 4.90 Å². The number of aryl methyl sites for hydroxylation is 1. The molecule has 1 aliphatic heterocycles. The van der Waals surface area contributed by atoms with Crippen molar-refractivity contribution in [2.45, 2.75) is 46.2 Å². The van der Waals surface area contributed by atoms with Gasteiger partial charge in [-0.05, 0) is 31.2 Å². The molecular weight excluding hydrogens is 419 g/mol. The standard InChI is InChI=1S/C22H23F5N2O2/c1-12-14(10-17(30)31)20(29-8-6-21(2,3)7-9-29)15(11-28-12)13-4-5-16(22(25,26)27)19(24)18(13)23/h4-5,11H,6-10H2,1-3H3,(H,30,31). The fourth-order valence-corrected chi connectivity index (χ4v) is 3.87. The molecule has 1 fully saturated rings. The van der Waals surface area contributed by atoms with E-state index in [-0.39, 0.29) is 16.5 Å². The van der Waals surface area contributed by atoms with Gasteiger partial charge < -0.3 is 10.0 Å². The Labute approximate surface area is 176 Å². The van der Waals surface area contributed by atoms with E-state index in [1.165, 1.54) is 6.20 Å². The summed E-state index contributed by atoms with van der Waals surface area (Å²) in [5, 5.41) is 9.38. The Hall–Kier alpha value is -2.71. The zero-order valence-electron chi connectivity index (χ0n) is 17.4. The van der Waals surface area contributed by atoms with Crippen molar-refractivity contribution in [3.8, 4) is 11.1 Å². The van der Waals surface area contributed by atoms with E-state index >= 15 is 0 Å². The predicted octanol–water partition coefficient (Wildman–Crippen LogP) is 5.61. The molecule has 2 heterocycles. The molecule has 168 valence electrons. The van der Waals surface area contributed by atoms with Gasteiger partial charge in [-0.25, -0.2) is 8.78 Å². The van der Waals surface area contributed by atoms with Gasteiger partial charge >= 0.3 is 12.1 Å². The summed E-state index contributed by atoms with van der Waals surface area (Å²) in [5.41, 5.74) is -0.805. The van der Waals surface area contributed by atoms with Crippen LogP contribution in [0.15, 0.2) is 18.3 Å². The topological polar surface area (TPSA) is 53.4 Å². The van der Waals surface area contributed by atoms with Crippen LogP contribution in [0.1, 0.15) is 43.5 Å². The summed E-state index contributed by atoms with van der Waals surface area (Å²) < 4.78 is 68.0. The van der Waals surface area contributed by atoms with E-state index in [0.29, 0.717) is 36.1 Å². The van der Waals surface area contributed by atoms with E-state index in [9.17, 15) is 31.9 Å². The molecule has 2 aromatic rings. The van der Waals surface area contributed by atoms with Gasteiger partial charge in [-0.15, -0.1) is 0 Å². The van der Waals surface area contributed by atoms with E-state index in [1.807, 2.05) is 4.90 Å². The lowest BCUT2D eigenvalue weighted by molar-refractivity contribution is -0.140. The summed E-state index contributed by atoms with van der Waals surface area (Å²) in [6.45, 7) is 6.91. The zero-order chi connectivity index (χ0) is 23.1. The van der Waals surface area contributed by atoms with Gasteiger partial charge in [-0.2, -0.15) is 13.2 Å². The lowest BCUT2D eigenvalue weighted by atomic mass is 9.82. The number of pyridine rings is 1. The van der Waals surface area contributed by atoms with Crippen molar-refractivity contribution in [1.82, 2.24) is 4.98 Å². The number of nitrogens with zero attached hydrogens (tertiary/aromatic N) is 2. The van der Waals surface area contributed by atoms with Crippen LogP contribution in [-0.2, 0) is 17.4 Å². The molecule has 0 unspecified atom stereocenters. The number of carboxylic acids is 1. The van der Waals surface area contributed by atoms with Crippen molar-refractivity contribution in [1.29, 1.82) is 0 Å². The van der Waals surface area contributed by atoms with E-state index in [4.69, 9.17) is 0 Å². The van der Waals surface area contributed by atoms with Crippen LogP contribution in [0.2, 0.25) is 0 Å². The number of alkyl halides is 3. The number of aromatic nitrogens is 1. The van der Waals surface area contributed by atoms with Gasteiger partial charge in [-0.3, -0.25) is 9.78 Å². The summed E-state index contributed by atoms with van der Waals surface area (Å²) in [7, 11) is 0. The molecule has 1 aromatic heterocycles. The first-order valence-corrected chi connectivity index (χ1v) is 9.82. The summed E-state index contributed by atoms with van der Waals surface area (Å²) in [6.07, 6.45) is -2.60. The number of hydrogen-bond acceptors (Lipinski definition) is 3. The number of benzene rings is 1. The Kier molecular flexibility index (Phi) is 5.99. The lowest BCUT2D eigenvalue weighted by Gasteiger charge is -2.40. The molecule has 31 heavy (non-hydrogen) atoms. The highest BCUT2D eigenvalue weighted by atomic mass is 19.4. The Morgan fingerprint density at radius 1 is 1.13 bits per heavy atom. The molecule has 0 radical (unpaired) electrons. The highest BCUT2D eigenvalue weighted by Gasteiger charge is 2.37. The summed E-state index contributed by atoms with van der Waals surface area (Å²) in [4.78, 5) is 17.5. The van der Waals surface area contributed by atoms with Crippen molar-refractivity contribution >= 4 is 11.7 Å². The maximum atomic E-state index is 14.8. The third kappa shape index (κ3) is 4.65. The van der Waals surface area contributed by atoms with E-state index in [1.54, 1.807) is 6.92 Å². The molecule has 0 spiro atoms. The van der Waals surface area contributed by atoms with Crippen LogP contribution >= 0.6 is 0 Å². The predicted molar refractivity (Wildman–Crippen MR) is 106 cm³/mol. The first kappa shape index (κ1) is 23.0. The molecule has 9 heteroatoms. The minimum absolute atomic E-state index is 0.0669. The maximum Gasteiger partial charge on any atom is 0.419 e. The first-order valence-electron chi connectivity index (χ1n) is 9.82. The number of carboxylic acid groups (broad SMARTS) is 1. The average Bonchev–Trinajstić information content (AvgIpc) is 2.65. The molecule has 0 saturated carbocycles. The third-order valence-corrected chi connectivity index (χ3v) is 5.80. The third-order valence-electron chi connectivity index (χ3n) is 5.80. The van der Waals surface area contributed by atoms with Crippen molar-refractivity contribution in [2.24, 2.45) is 5.41 Å². The Morgan fingerprint density at radius 2 is 1.74 bits per heavy atom. The average molecular weight is 442 g/mol. The van der Waals surface area contributed by atoms with Crippen LogP contribution in [-0.4, -0.2) is 29.1 Å². The minimum atomic E-state index is -5.04. The number of hydrogen-bond donors (Lipinski definition) is 1. The normalized spacial score (nSPS) is 16.5. The van der Waals surface area contributed by atoms with Gasteiger partial charge in [0.2, 0.25) is 0 Å². The molecular formula is C22H23F5N2O2. The van der Waals surface area contributed by atoms with E-state index in [2.05, 4.69) is 18.8 Å². The van der Waals surface area contributed by atoms with E-state index in [0.717, 1.165) is 18.9 Å². The molecule has 1 N–H and O–H groups in total. The monoisotopic (exact) mass is 442 g/mol. The Morgan fingerprint density at radius 3 is 2.29 bits per heavy atom. The number of piperidine rings is 1. The number of aliphatic carboxylic acids is 1. The summed E-state index contributed by atoms with van der Waals surface area (Å²) >= 11 is 0. The molecule has 4 nitrogen and oxygen atoms in total. The minimum Gasteiger partial charge on any atom is -0.481 e. The van der Waals surface area contributed by atoms with Crippen LogP contribution in [0.4, 0.5) is 27.6 Å². The molecule has 0 bridgehead atoms. The molecule has 0 amide bonds. The van der Waals surface area contributed by atoms with Crippen molar-refractivity contribution in [3.05, 3.63) is 46.8 Å². The maximum absolute atomic E-state index is 14.8. The molecule has 1 aliphatic rings. The molecule has 3 rings (SSSR count). The first-order chi connectivity index (χ1) is 14.3. The van der Waals surface area contributed by atoms with E-state index < -0.39 is 35.8 Å². The van der Waals surface area contributed by atoms with Gasteiger partial charge in [-0.1, -0.05) is 19.9 Å². The molecule has 0 aliphatic carbocycles. The second kappa shape index (κ2) is 8.09. The summed E-state index contributed by atoms with van der Waals surface area (Å²) in [5.74, 6) is -4.75. The largest absolute Gasteiger partial charge is 0.481 e. The van der Waals surface area contributed by atoms with Crippen molar-refractivity contribution in [3.63, 3.8) is 0 Å². The van der Waals surface area contributed by atoms with Crippen LogP contribution in [0.25, 0.3) is 11.1 Å². The van der Waals surface area contributed by atoms with Crippen molar-refractivity contribution < 1.29 is 31.9 Å². The van der Waals surface area contributed by atoms with Gasteiger partial charge in [0, 0.05) is 41.7 Å². The highest BCUT2D eigenvalue weighted by Crippen LogP contribution is 2.42. The second-order valence-corrected chi connectivity index (χ2v) is 8.59. The van der Waals surface area contributed by atoms with Crippen LogP contribution in [0.3, 0.4) is 0 Å². The molecule has 1 saturated heterocycles. The second-order valence-electron chi connectivity index (χ2n) is 8.59. The zero-order valence-corrected chi connectivity index (χ0v) is 17.4. The van der Waals surface area contributed by atoms with Crippen molar-refractivity contribution in [2.75, 3.05) is 18.0 Å². The number of anilines is 1.